The van der Waals surface area contributed by atoms with E-state index < -0.39 is 5.41 Å². The molecule has 0 unspecified atom stereocenters. The van der Waals surface area contributed by atoms with Gasteiger partial charge in [0.1, 0.15) is 0 Å². The Morgan fingerprint density at radius 2 is 0.864 bits per heavy atom. The van der Waals surface area contributed by atoms with Crippen molar-refractivity contribution < 1.29 is 24.1 Å². The summed E-state index contributed by atoms with van der Waals surface area (Å²) in [4.78, 5) is 10.2. The van der Waals surface area contributed by atoms with Crippen LogP contribution in [0.2, 0.25) is 0 Å². The monoisotopic (exact) mass is 1330 g/mol. The van der Waals surface area contributed by atoms with Crippen LogP contribution in [0.5, 0.6) is 11.5 Å². The van der Waals surface area contributed by atoms with Crippen molar-refractivity contribution in [2.75, 3.05) is 9.80 Å². The molecule has 0 fully saturated rings. The minimum atomic E-state index is -0.803. The average Bonchev–Trinajstić information content (AvgIpc) is 0.786. The van der Waals surface area contributed by atoms with E-state index in [-0.39, 0.29) is 27.1 Å². The molecule has 446 valence electrons. The minimum absolute atomic E-state index is 0.0629. The molecule has 2 aromatic heterocycles. The molecule has 0 saturated heterocycles. The van der Waals surface area contributed by atoms with Crippen LogP contribution < -0.4 is 14.5 Å². The van der Waals surface area contributed by atoms with Crippen molar-refractivity contribution in [2.24, 2.45) is 0 Å². The molecule has 0 N–H and O–H groups in total. The van der Waals surface area contributed by atoms with Crippen LogP contribution in [0, 0.1) is 3.80 Å². The van der Waals surface area contributed by atoms with Gasteiger partial charge in [-0.2, -0.15) is 0 Å². The summed E-state index contributed by atoms with van der Waals surface area (Å²) in [5.41, 5.74) is 22.0. The molecule has 0 amide bonds. The van der Waals surface area contributed by atoms with Crippen molar-refractivity contribution >= 4 is 45.3 Å². The Kier molecular flexibility index (Phi) is 14.1. The number of anilines is 6. The zero-order chi connectivity index (χ0) is 62.0. The van der Waals surface area contributed by atoms with Gasteiger partial charge in [-0.15, -0.1) is 0 Å². The van der Waals surface area contributed by atoms with E-state index in [2.05, 4.69) is 354 Å². The van der Waals surface area contributed by atoms with Crippen LogP contribution in [0.15, 0.2) is 219 Å². The van der Waals surface area contributed by atoms with Crippen molar-refractivity contribution in [1.82, 2.24) is 14.1 Å². The molecule has 0 radical (unpaired) electrons. The number of fused-ring (bicyclic) bond motifs is 9. The third kappa shape index (κ3) is 10.1. The second-order valence-electron chi connectivity index (χ2n) is 29.4. The van der Waals surface area contributed by atoms with Gasteiger partial charge < -0.3 is 4.90 Å². The molecule has 0 saturated carbocycles. The Labute approximate surface area is 532 Å². The van der Waals surface area contributed by atoms with Crippen molar-refractivity contribution in [3.63, 3.8) is 0 Å². The van der Waals surface area contributed by atoms with Gasteiger partial charge in [-0.1, -0.05) is 123 Å². The van der Waals surface area contributed by atoms with Crippen LogP contribution in [0.1, 0.15) is 154 Å². The second kappa shape index (κ2) is 21.2. The molecule has 4 heterocycles. The van der Waals surface area contributed by atoms with Crippen molar-refractivity contribution in [2.45, 2.75) is 136 Å². The van der Waals surface area contributed by atoms with E-state index in [4.69, 9.17) is 9.72 Å². The number of aromatic nitrogens is 3. The van der Waals surface area contributed by atoms with E-state index in [1.165, 1.54) is 55.6 Å². The molecule has 0 bridgehead atoms. The van der Waals surface area contributed by atoms with E-state index in [0.29, 0.717) is 0 Å². The predicted octanol–water partition coefficient (Wildman–Crippen LogP) is 21.8. The molecule has 9 aromatic carbocycles. The zero-order valence-electron chi connectivity index (χ0n) is 53.7. The summed E-state index contributed by atoms with van der Waals surface area (Å²) >= 11 is 2.55. The molecule has 2 aliphatic rings. The fourth-order valence-electron chi connectivity index (χ4n) is 13.2. The van der Waals surface area contributed by atoms with Gasteiger partial charge in [0, 0.05) is 11.9 Å². The Morgan fingerprint density at radius 3 is 1.48 bits per heavy atom. The Balaban J connectivity index is 1.04. The SMILES string of the molecule is CC(C)(C)c1cc(-n2[c](=[Pt])n(-c3cccc(Oc4ccc5c(c4)N(c4cc(C(C)(C)C)ccn4)c4ccccc4C54c5cc(C(C)(C)C)ccc5N(c5ccccc5)c5ccc(C(C)(C)C)cc54)c3)c3ccc(-c4ccccc4)cc32)cc(C(C)(C)C)c1. The maximum absolute atomic E-state index is 7.32. The van der Waals surface area contributed by atoms with Crippen molar-refractivity contribution in [3.8, 4) is 34.0 Å². The number of hydrogen-bond donors (Lipinski definition) is 0. The Bertz CT molecular complexity index is 4490. The first kappa shape index (κ1) is 58.7. The molecule has 88 heavy (non-hydrogen) atoms. The Hall–Kier alpha value is -8.31. The van der Waals surface area contributed by atoms with E-state index in [1.54, 1.807) is 0 Å². The number of para-hydroxylation sites is 2. The third-order valence-electron chi connectivity index (χ3n) is 18.2. The molecular formula is C81H81N5OPt. The van der Waals surface area contributed by atoms with E-state index in [1.807, 2.05) is 6.20 Å². The van der Waals surface area contributed by atoms with Crippen LogP contribution in [0.4, 0.5) is 34.3 Å². The number of benzene rings is 9. The van der Waals surface area contributed by atoms with Gasteiger partial charge in [0.05, 0.1) is 11.4 Å². The van der Waals surface area contributed by atoms with Gasteiger partial charge in [-0.25, -0.2) is 0 Å². The van der Waals surface area contributed by atoms with Crippen LogP contribution in [0.3, 0.4) is 0 Å². The molecule has 7 heteroatoms. The van der Waals surface area contributed by atoms with Gasteiger partial charge >= 0.3 is 322 Å². The third-order valence-corrected chi connectivity index (χ3v) is 19.2. The summed E-state index contributed by atoms with van der Waals surface area (Å²) < 4.78 is 13.2. The number of imidazole rings is 1. The summed E-state index contributed by atoms with van der Waals surface area (Å²) in [6, 6.07) is 79.2. The number of rotatable bonds is 7. The van der Waals surface area contributed by atoms with Crippen LogP contribution in [0.25, 0.3) is 33.5 Å². The normalized spacial score (nSPS) is 14.0. The summed E-state index contributed by atoms with van der Waals surface area (Å²) in [6.07, 6.45) is 1.98. The topological polar surface area (TPSA) is 38.5 Å². The van der Waals surface area contributed by atoms with Gasteiger partial charge in [-0.3, -0.25) is 0 Å². The first-order valence-electron chi connectivity index (χ1n) is 31.1. The number of hydrogen-bond acceptors (Lipinski definition) is 4. The maximum atomic E-state index is 7.32. The van der Waals surface area contributed by atoms with E-state index in [0.717, 1.165) is 77.5 Å². The van der Waals surface area contributed by atoms with E-state index in [9.17, 15) is 0 Å². The second-order valence-corrected chi connectivity index (χ2v) is 30.4. The van der Waals surface area contributed by atoms with Crippen molar-refractivity contribution in [3.05, 3.63) is 272 Å². The fraction of sp³-hybridized carbons (Fsp3) is 0.259. The number of pyridine rings is 1. The van der Waals surface area contributed by atoms with Gasteiger partial charge in [0.15, 0.2) is 0 Å². The first-order chi connectivity index (χ1) is 41.7. The molecule has 1 spiro atoms. The van der Waals surface area contributed by atoms with Crippen molar-refractivity contribution in [1.29, 1.82) is 0 Å². The molecule has 13 rings (SSSR count). The molecule has 6 nitrogen and oxygen atoms in total. The number of ether oxygens (including phenoxy) is 1. The molecule has 2 aliphatic heterocycles. The van der Waals surface area contributed by atoms with Gasteiger partial charge in [0.2, 0.25) is 0 Å². The number of nitrogens with zero attached hydrogens (tertiary/aromatic N) is 5. The molecular weight excluding hydrogens is 1250 g/mol. The quantitative estimate of drug-likeness (QED) is 0.159. The molecule has 0 aliphatic carbocycles. The summed E-state index contributed by atoms with van der Waals surface area (Å²) in [5, 5.41) is 0. The van der Waals surface area contributed by atoms with Crippen LogP contribution >= 0.6 is 0 Å². The summed E-state index contributed by atoms with van der Waals surface area (Å²) in [5.74, 6) is 2.30. The fourth-order valence-corrected chi connectivity index (χ4v) is 14.3. The van der Waals surface area contributed by atoms with Crippen LogP contribution in [-0.4, -0.2) is 14.1 Å². The Morgan fingerprint density at radius 1 is 0.341 bits per heavy atom. The molecule has 11 aromatic rings. The standard InChI is InChI=1S/C81H81N5O.Pt/c1-76(2,3)55-34-39-70-67(47-55)81(68-48-56(77(4,5)6)35-40-71(68)85(70)60-27-20-17-21-28-60)65-31-22-23-32-69(65)86(75-49-57(41-42-82-75)78(7,8)9)73-51-64(36-37-66(73)81)87-63-30-24-29-61(50-63)83-52-84(62-45-58(79(10,11)12)44-59(46-62)80(13,14)15)74-43-54(33-38-72(74)83)53-25-18-16-19-26-53;/h16-51H,1-15H3;. The average molecular weight is 1340 g/mol. The summed E-state index contributed by atoms with van der Waals surface area (Å²) in [6.45, 7) is 34.7. The zero-order valence-corrected chi connectivity index (χ0v) is 56.0. The first-order valence-corrected chi connectivity index (χ1v) is 32.2. The van der Waals surface area contributed by atoms with E-state index >= 15 is 0 Å². The van der Waals surface area contributed by atoms with Crippen LogP contribution in [-0.2, 0) is 51.8 Å². The molecule has 0 atom stereocenters. The van der Waals surface area contributed by atoms with Gasteiger partial charge in [0.25, 0.3) is 0 Å². The summed E-state index contributed by atoms with van der Waals surface area (Å²) in [7, 11) is 0. The van der Waals surface area contributed by atoms with Gasteiger partial charge in [-0.05, 0) is 63.3 Å². The predicted molar refractivity (Wildman–Crippen MR) is 364 cm³/mol.